The topological polar surface area (TPSA) is 426 Å². The molecule has 0 saturated carbocycles. The SMILES string of the molecule is N=C(N)NCCC[C@H](NC(=O)[C@H](CC=O)NC(=O)CC[C@H](NC(=O)c1ccc(NCc2cnc3nc(N)[nH]c(=O)c3n2)cc1)C(=O)O)C(=O)N[C@@H](CC=O)C(=O)N[C@@H](CS)C(=O)O. The van der Waals surface area contributed by atoms with Gasteiger partial charge in [-0.05, 0) is 43.5 Å². The number of guanidine groups is 1. The van der Waals surface area contributed by atoms with Crippen LogP contribution in [-0.2, 0) is 44.9 Å². The summed E-state index contributed by atoms with van der Waals surface area (Å²) in [6, 6.07) is -1.82. The third-order valence-electron chi connectivity index (χ3n) is 8.73. The van der Waals surface area contributed by atoms with Crippen molar-refractivity contribution in [1.29, 1.82) is 5.41 Å². The normalized spacial score (nSPS) is 13.1. The third-order valence-corrected chi connectivity index (χ3v) is 9.10. The number of amides is 5. The van der Waals surface area contributed by atoms with E-state index in [1.807, 2.05) is 0 Å². The Kier molecular flexibility index (Phi) is 19.3. The number of benzene rings is 1. The van der Waals surface area contributed by atoms with Crippen molar-refractivity contribution < 1.29 is 53.4 Å². The second-order valence-corrected chi connectivity index (χ2v) is 13.8. The average Bonchev–Trinajstić information content (AvgIpc) is 3.23. The maximum atomic E-state index is 13.4. The number of carboxylic acids is 2. The zero-order chi connectivity index (χ0) is 46.6. The molecular formula is C36H46N14O12S. The summed E-state index contributed by atoms with van der Waals surface area (Å²) in [7, 11) is 0. The maximum Gasteiger partial charge on any atom is 0.327 e. The van der Waals surface area contributed by atoms with Gasteiger partial charge in [0.25, 0.3) is 11.5 Å². The van der Waals surface area contributed by atoms with E-state index in [2.05, 4.69) is 69.8 Å². The number of aliphatic carboxylic acids is 2. The van der Waals surface area contributed by atoms with Crippen LogP contribution in [0.5, 0.6) is 0 Å². The van der Waals surface area contributed by atoms with Crippen LogP contribution in [0.25, 0.3) is 11.2 Å². The lowest BCUT2D eigenvalue weighted by atomic mass is 10.1. The Balaban J connectivity index is 1.61. The van der Waals surface area contributed by atoms with Crippen LogP contribution in [-0.4, -0.2) is 133 Å². The number of H-pyrrole nitrogens is 1. The summed E-state index contributed by atoms with van der Waals surface area (Å²) in [4.78, 5) is 138. The van der Waals surface area contributed by atoms with Crippen molar-refractivity contribution >= 4 is 95.4 Å². The minimum absolute atomic E-state index is 0.0108. The van der Waals surface area contributed by atoms with Gasteiger partial charge in [-0.2, -0.15) is 17.6 Å². The van der Waals surface area contributed by atoms with Crippen LogP contribution in [0.4, 0.5) is 11.6 Å². The number of rotatable bonds is 26. The predicted octanol–water partition coefficient (Wildman–Crippen LogP) is -3.73. The Morgan fingerprint density at radius 3 is 1.98 bits per heavy atom. The summed E-state index contributed by atoms with van der Waals surface area (Å²) in [5.41, 5.74) is 11.3. The zero-order valence-electron chi connectivity index (χ0n) is 33.2. The number of anilines is 2. The van der Waals surface area contributed by atoms with Crippen molar-refractivity contribution in [3.63, 3.8) is 0 Å². The van der Waals surface area contributed by atoms with Crippen molar-refractivity contribution in [3.05, 3.63) is 52.1 Å². The molecule has 0 aliphatic rings. The first-order valence-electron chi connectivity index (χ1n) is 18.8. The predicted molar refractivity (Wildman–Crippen MR) is 224 cm³/mol. The fourth-order valence-corrected chi connectivity index (χ4v) is 5.73. The molecule has 0 aliphatic carbocycles. The van der Waals surface area contributed by atoms with E-state index in [4.69, 9.17) is 16.9 Å². The molecule has 15 N–H and O–H groups in total. The molecule has 26 nitrogen and oxygen atoms in total. The molecule has 5 atom stereocenters. The van der Waals surface area contributed by atoms with Gasteiger partial charge in [0, 0.05) is 42.8 Å². The number of fused-ring (bicyclic) bond motifs is 1. The van der Waals surface area contributed by atoms with Gasteiger partial charge in [0.2, 0.25) is 29.6 Å². The van der Waals surface area contributed by atoms with Gasteiger partial charge in [-0.15, -0.1) is 0 Å². The van der Waals surface area contributed by atoms with Gasteiger partial charge in [0.05, 0.1) is 18.4 Å². The first-order chi connectivity index (χ1) is 29.9. The largest absolute Gasteiger partial charge is 0.480 e. The molecule has 0 unspecified atom stereocenters. The number of hydrogen-bond donors (Lipinski definition) is 14. The smallest absolute Gasteiger partial charge is 0.327 e. The highest BCUT2D eigenvalue weighted by Crippen LogP contribution is 2.13. The van der Waals surface area contributed by atoms with Crippen LogP contribution in [0.3, 0.4) is 0 Å². The first kappa shape index (κ1) is 49.7. The molecule has 0 bridgehead atoms. The van der Waals surface area contributed by atoms with Crippen LogP contribution in [0.1, 0.15) is 54.6 Å². The number of carbonyl (C=O) groups is 9. The van der Waals surface area contributed by atoms with Gasteiger partial charge in [0.15, 0.2) is 17.1 Å². The van der Waals surface area contributed by atoms with Crippen molar-refractivity contribution in [3.8, 4) is 0 Å². The molecule has 2 heterocycles. The number of nitrogens with zero attached hydrogens (tertiary/aromatic N) is 3. The number of thiol groups is 1. The van der Waals surface area contributed by atoms with E-state index in [1.54, 1.807) is 0 Å². The number of nitrogens with two attached hydrogens (primary N) is 2. The monoisotopic (exact) mass is 898 g/mol. The molecule has 0 fully saturated rings. The summed E-state index contributed by atoms with van der Waals surface area (Å²) >= 11 is 3.86. The van der Waals surface area contributed by atoms with Crippen molar-refractivity contribution in [2.75, 3.05) is 23.3 Å². The quantitative estimate of drug-likeness (QED) is 0.0121. The zero-order valence-corrected chi connectivity index (χ0v) is 34.1. The van der Waals surface area contributed by atoms with Gasteiger partial charge in [0.1, 0.15) is 42.8 Å². The molecule has 63 heavy (non-hydrogen) atoms. The van der Waals surface area contributed by atoms with Crippen molar-refractivity contribution in [1.82, 2.24) is 51.8 Å². The van der Waals surface area contributed by atoms with Crippen molar-refractivity contribution in [2.24, 2.45) is 5.73 Å². The highest BCUT2D eigenvalue weighted by Gasteiger charge is 2.31. The molecule has 3 aromatic rings. The standard InChI is InChI=1S/C36H46N14O12S/c37-35(38)40-11-1-2-20(29(55)46-22(10-13-52)31(57)48-24(16-63)34(61)62)45-30(56)21(9-12-51)44-25(53)8-7-23(33(59)60)47-28(54)17-3-5-18(6-4-17)41-14-19-15-42-27-26(43-19)32(58)50-36(39)49-27/h3-6,12-13,15,20-24,41,63H,1-2,7-11,14,16H2,(H,44,53)(H,45,56)(H,46,55)(H,47,54)(H,48,57)(H,59,60)(H,61,62)(H4,37,38,40)(H3,39,42,49,50,58)/t20-,21-,22-,23-,24-/m0/s1. The van der Waals surface area contributed by atoms with E-state index in [0.29, 0.717) is 24.0 Å². The molecule has 2 aromatic heterocycles. The molecule has 3 rings (SSSR count). The van der Waals surface area contributed by atoms with E-state index in [9.17, 15) is 58.2 Å². The van der Waals surface area contributed by atoms with Gasteiger partial charge in [-0.1, -0.05) is 0 Å². The van der Waals surface area contributed by atoms with Crippen LogP contribution in [0.15, 0.2) is 35.3 Å². The summed E-state index contributed by atoms with van der Waals surface area (Å²) in [6.45, 7) is 0.182. The Bertz CT molecular complexity index is 2240. The van der Waals surface area contributed by atoms with Crippen LogP contribution in [0, 0.1) is 5.41 Å². The second-order valence-electron chi connectivity index (χ2n) is 13.4. The second kappa shape index (κ2) is 24.5. The Labute approximate surface area is 361 Å². The van der Waals surface area contributed by atoms with Gasteiger partial charge in [-0.3, -0.25) is 39.2 Å². The summed E-state index contributed by atoms with van der Waals surface area (Å²) in [6.07, 6.45) is -0.259. The molecule has 27 heteroatoms. The number of aldehydes is 2. The fraction of sp³-hybridized carbons (Fsp3) is 0.389. The molecule has 0 aliphatic heterocycles. The molecule has 0 spiro atoms. The number of carboxylic acid groups (broad SMARTS) is 2. The molecular weight excluding hydrogens is 853 g/mol. The van der Waals surface area contributed by atoms with E-state index < -0.39 is 109 Å². The molecule has 0 radical (unpaired) electrons. The van der Waals surface area contributed by atoms with E-state index in [1.165, 1.54) is 30.5 Å². The maximum absolute atomic E-state index is 13.4. The van der Waals surface area contributed by atoms with Crippen LogP contribution < -0.4 is 54.2 Å². The number of nitrogens with one attached hydrogen (secondary N) is 9. The van der Waals surface area contributed by atoms with Crippen LogP contribution in [0.2, 0.25) is 0 Å². The molecule has 0 saturated heterocycles. The van der Waals surface area contributed by atoms with E-state index >= 15 is 0 Å². The summed E-state index contributed by atoms with van der Waals surface area (Å²) in [5.74, 6) is -8.51. The van der Waals surface area contributed by atoms with Crippen LogP contribution >= 0.6 is 12.6 Å². The summed E-state index contributed by atoms with van der Waals surface area (Å²) < 4.78 is 0. The van der Waals surface area contributed by atoms with Gasteiger partial charge >= 0.3 is 11.9 Å². The molecule has 1 aromatic carbocycles. The lowest BCUT2D eigenvalue weighted by Gasteiger charge is -2.25. The Hall–Kier alpha value is -7.71. The average molecular weight is 899 g/mol. The molecule has 5 amide bonds. The highest BCUT2D eigenvalue weighted by molar-refractivity contribution is 7.80. The first-order valence-corrected chi connectivity index (χ1v) is 19.5. The van der Waals surface area contributed by atoms with Gasteiger partial charge < -0.3 is 68.5 Å². The van der Waals surface area contributed by atoms with Crippen molar-refractivity contribution in [2.45, 2.75) is 75.3 Å². The number of aromatic nitrogens is 4. The van der Waals surface area contributed by atoms with E-state index in [0.717, 1.165) is 0 Å². The Morgan fingerprint density at radius 1 is 0.810 bits per heavy atom. The lowest BCUT2D eigenvalue weighted by Crippen LogP contribution is -2.58. The number of hydrogen-bond acceptors (Lipinski definition) is 17. The minimum atomic E-state index is -1.58. The van der Waals surface area contributed by atoms with Gasteiger partial charge in [-0.25, -0.2) is 19.6 Å². The number of nitrogen functional groups attached to an aromatic ring is 1. The number of carbonyl (C=O) groups excluding carboxylic acids is 7. The molecule has 338 valence electrons. The third kappa shape index (κ3) is 16.0. The minimum Gasteiger partial charge on any atom is -0.480 e. The fourth-order valence-electron chi connectivity index (χ4n) is 5.49. The summed E-state index contributed by atoms with van der Waals surface area (Å²) in [5, 5.41) is 43.3. The lowest BCUT2D eigenvalue weighted by molar-refractivity contribution is -0.141. The van der Waals surface area contributed by atoms with E-state index in [-0.39, 0.29) is 54.4 Å². The Morgan fingerprint density at radius 2 is 1.40 bits per heavy atom. The highest BCUT2D eigenvalue weighted by atomic mass is 32.1. The number of aromatic amines is 1.